The van der Waals surface area contributed by atoms with Gasteiger partial charge in [0.15, 0.2) is 0 Å². The summed E-state index contributed by atoms with van der Waals surface area (Å²) in [6.07, 6.45) is 4.11. The molecule has 6 rings (SSSR count). The zero-order chi connectivity index (χ0) is 30.6. The first-order valence-corrected chi connectivity index (χ1v) is 14.9. The van der Waals surface area contributed by atoms with Gasteiger partial charge in [-0.25, -0.2) is 14.4 Å². The Kier molecular flexibility index (Phi) is 7.32. The zero-order valence-corrected chi connectivity index (χ0v) is 26.0. The lowest BCUT2D eigenvalue weighted by Crippen LogP contribution is -2.24. The number of fused-ring (bicyclic) bond motifs is 2. The van der Waals surface area contributed by atoms with Crippen LogP contribution in [0.1, 0.15) is 38.0 Å². The van der Waals surface area contributed by atoms with E-state index in [1.807, 2.05) is 88.0 Å². The minimum atomic E-state index is -0.756. The molecule has 218 valence electrons. The van der Waals surface area contributed by atoms with Crippen molar-refractivity contribution in [3.63, 3.8) is 0 Å². The Balaban J connectivity index is 1.56. The van der Waals surface area contributed by atoms with Gasteiger partial charge in [-0.15, -0.1) is 11.3 Å². The SMILES string of the molecule is C=C(O)[C@@H](OC(C)(C)C)c1c(C)cc2nc(-c3ccnc(-c4cn(C)c5ncc(F)cc45)c3)sc2c1-c1ccc(Cl)cc1. The van der Waals surface area contributed by atoms with Crippen LogP contribution in [-0.2, 0) is 11.8 Å². The van der Waals surface area contributed by atoms with Crippen molar-refractivity contribution in [1.29, 1.82) is 0 Å². The third kappa shape index (κ3) is 5.54. The minimum absolute atomic E-state index is 0.0721. The van der Waals surface area contributed by atoms with Crippen LogP contribution in [0.2, 0.25) is 5.02 Å². The van der Waals surface area contributed by atoms with Crippen molar-refractivity contribution in [2.24, 2.45) is 7.05 Å². The van der Waals surface area contributed by atoms with Crippen molar-refractivity contribution in [3.8, 4) is 33.0 Å². The van der Waals surface area contributed by atoms with E-state index in [1.165, 1.54) is 12.3 Å². The highest BCUT2D eigenvalue weighted by Crippen LogP contribution is 2.45. The predicted molar refractivity (Wildman–Crippen MR) is 173 cm³/mol. The molecule has 0 saturated carbocycles. The summed E-state index contributed by atoms with van der Waals surface area (Å²) in [5.74, 6) is -0.473. The van der Waals surface area contributed by atoms with Crippen LogP contribution in [0, 0.1) is 12.7 Å². The molecule has 0 fully saturated rings. The zero-order valence-electron chi connectivity index (χ0n) is 24.4. The monoisotopic (exact) mass is 612 g/mol. The van der Waals surface area contributed by atoms with Gasteiger partial charge in [-0.3, -0.25) is 4.98 Å². The molecule has 6 nitrogen and oxygen atoms in total. The Morgan fingerprint density at radius 1 is 1.09 bits per heavy atom. The fourth-order valence-corrected chi connectivity index (χ4v) is 6.62. The number of halogens is 2. The molecule has 1 N–H and O–H groups in total. The van der Waals surface area contributed by atoms with Crippen molar-refractivity contribution in [2.75, 3.05) is 0 Å². The number of aryl methyl sites for hydroxylation is 2. The number of thiazole rings is 1. The van der Waals surface area contributed by atoms with Crippen LogP contribution in [0.25, 0.3) is 54.2 Å². The molecule has 4 heterocycles. The molecule has 2 aromatic carbocycles. The molecule has 0 unspecified atom stereocenters. The molecule has 43 heavy (non-hydrogen) atoms. The standard InChI is InChI=1S/C34H30ClFN4O2S/c1-18-13-27-31(29(20-7-9-22(35)10-8-20)28(18)30(19(2)41)42-34(3,4)5)43-33(39-27)21-11-12-37-26(14-21)25-17-40(6)32-24(25)15-23(36)16-38-32/h7-17,30,41H,2H2,1,3-6H3/t30-/m1/s1. The largest absolute Gasteiger partial charge is 0.510 e. The summed E-state index contributed by atoms with van der Waals surface area (Å²) < 4.78 is 23.3. The van der Waals surface area contributed by atoms with Gasteiger partial charge in [0, 0.05) is 52.1 Å². The van der Waals surface area contributed by atoms with Crippen LogP contribution < -0.4 is 0 Å². The summed E-state index contributed by atoms with van der Waals surface area (Å²) >= 11 is 7.81. The fraction of sp³-hybridized carbons (Fsp3) is 0.206. The van der Waals surface area contributed by atoms with Crippen molar-refractivity contribution in [1.82, 2.24) is 19.5 Å². The van der Waals surface area contributed by atoms with Gasteiger partial charge < -0.3 is 14.4 Å². The van der Waals surface area contributed by atoms with E-state index < -0.39 is 17.5 Å². The molecule has 0 aliphatic heterocycles. The van der Waals surface area contributed by atoms with E-state index in [9.17, 15) is 9.50 Å². The molecular weight excluding hydrogens is 583 g/mol. The topological polar surface area (TPSA) is 73.1 Å². The van der Waals surface area contributed by atoms with Gasteiger partial charge in [0.05, 0.1) is 27.7 Å². The van der Waals surface area contributed by atoms with Crippen LogP contribution in [0.15, 0.2) is 79.5 Å². The van der Waals surface area contributed by atoms with Crippen LogP contribution in [0.3, 0.4) is 0 Å². The first-order valence-electron chi connectivity index (χ1n) is 13.7. The molecular formula is C34H30ClFN4O2S. The van der Waals surface area contributed by atoms with Crippen LogP contribution in [0.5, 0.6) is 0 Å². The lowest BCUT2D eigenvalue weighted by molar-refractivity contribution is -0.0594. The normalized spacial score (nSPS) is 12.7. The molecule has 0 aliphatic rings. The third-order valence-electron chi connectivity index (χ3n) is 7.16. The quantitative estimate of drug-likeness (QED) is 0.190. The Labute approximate surface area is 258 Å². The minimum Gasteiger partial charge on any atom is -0.510 e. The number of aliphatic hydroxyl groups is 1. The van der Waals surface area contributed by atoms with Crippen LogP contribution in [-0.4, -0.2) is 30.2 Å². The van der Waals surface area contributed by atoms with E-state index in [4.69, 9.17) is 21.3 Å². The second kappa shape index (κ2) is 10.9. The molecule has 0 aliphatic carbocycles. The molecule has 0 amide bonds. The average molecular weight is 613 g/mol. The number of ether oxygens (including phenoxy) is 1. The fourth-order valence-electron chi connectivity index (χ4n) is 5.37. The number of pyridine rings is 2. The lowest BCUT2D eigenvalue weighted by atomic mass is 9.90. The second-order valence-electron chi connectivity index (χ2n) is 11.6. The van der Waals surface area contributed by atoms with E-state index >= 15 is 0 Å². The molecule has 4 aromatic heterocycles. The van der Waals surface area contributed by atoms with Crippen molar-refractivity contribution in [2.45, 2.75) is 39.4 Å². The Bertz CT molecular complexity index is 2030. The number of benzene rings is 2. The van der Waals surface area contributed by atoms with E-state index in [0.717, 1.165) is 48.6 Å². The molecule has 1 atom stereocenters. The van der Waals surface area contributed by atoms with Crippen LogP contribution in [0.4, 0.5) is 4.39 Å². The number of hydrogen-bond donors (Lipinski definition) is 1. The Morgan fingerprint density at radius 2 is 1.84 bits per heavy atom. The highest BCUT2D eigenvalue weighted by Gasteiger charge is 2.29. The molecule has 0 bridgehead atoms. The number of aliphatic hydroxyl groups excluding tert-OH is 1. The van der Waals surface area contributed by atoms with E-state index in [2.05, 4.69) is 16.5 Å². The number of nitrogens with zero attached hydrogens (tertiary/aromatic N) is 4. The molecule has 9 heteroatoms. The number of rotatable bonds is 6. The van der Waals surface area contributed by atoms with Crippen molar-refractivity contribution < 1.29 is 14.2 Å². The van der Waals surface area contributed by atoms with Gasteiger partial charge in [0.1, 0.15) is 28.3 Å². The Hall–Kier alpha value is -4.11. The maximum atomic E-state index is 14.1. The van der Waals surface area contributed by atoms with Gasteiger partial charge in [-0.2, -0.15) is 0 Å². The molecule has 0 radical (unpaired) electrons. The first kappa shape index (κ1) is 29.0. The van der Waals surface area contributed by atoms with E-state index in [1.54, 1.807) is 17.5 Å². The van der Waals surface area contributed by atoms with E-state index in [-0.39, 0.29) is 5.76 Å². The van der Waals surface area contributed by atoms with Crippen molar-refractivity contribution in [3.05, 3.63) is 101 Å². The summed E-state index contributed by atoms with van der Waals surface area (Å²) in [5, 5.41) is 12.9. The highest BCUT2D eigenvalue weighted by atomic mass is 35.5. The smallest absolute Gasteiger partial charge is 0.142 e. The van der Waals surface area contributed by atoms with Gasteiger partial charge in [0.2, 0.25) is 0 Å². The van der Waals surface area contributed by atoms with Crippen molar-refractivity contribution >= 4 is 44.2 Å². The second-order valence-corrected chi connectivity index (χ2v) is 13.0. The Morgan fingerprint density at radius 3 is 2.53 bits per heavy atom. The summed E-state index contributed by atoms with van der Waals surface area (Å²) in [7, 11) is 1.88. The molecule has 0 spiro atoms. The van der Waals surface area contributed by atoms with Gasteiger partial charge in [0.25, 0.3) is 0 Å². The van der Waals surface area contributed by atoms with Gasteiger partial charge in [-0.05, 0) is 75.2 Å². The predicted octanol–water partition coefficient (Wildman–Crippen LogP) is 9.61. The summed E-state index contributed by atoms with van der Waals surface area (Å²) in [6, 6.07) is 15.0. The summed E-state index contributed by atoms with van der Waals surface area (Å²) in [6.45, 7) is 11.7. The average Bonchev–Trinajstić information content (AvgIpc) is 3.52. The van der Waals surface area contributed by atoms with Crippen LogP contribution >= 0.6 is 22.9 Å². The lowest BCUT2D eigenvalue weighted by Gasteiger charge is -2.30. The highest BCUT2D eigenvalue weighted by molar-refractivity contribution is 7.22. The number of hydrogen-bond acceptors (Lipinski definition) is 6. The maximum absolute atomic E-state index is 14.1. The summed E-state index contributed by atoms with van der Waals surface area (Å²) in [5.41, 5.74) is 6.89. The third-order valence-corrected chi connectivity index (χ3v) is 8.55. The number of aromatic nitrogens is 4. The molecule has 6 aromatic rings. The first-order chi connectivity index (χ1) is 20.4. The van der Waals surface area contributed by atoms with E-state index in [0.29, 0.717) is 21.7 Å². The maximum Gasteiger partial charge on any atom is 0.142 e. The summed E-state index contributed by atoms with van der Waals surface area (Å²) in [4.78, 5) is 13.9. The molecule has 0 saturated heterocycles. The van der Waals surface area contributed by atoms with Gasteiger partial charge in [-0.1, -0.05) is 30.3 Å². The van der Waals surface area contributed by atoms with Gasteiger partial charge >= 0.3 is 0 Å².